The van der Waals surface area contributed by atoms with Crippen LogP contribution >= 0.6 is 0 Å². The number of benzene rings is 2. The van der Waals surface area contributed by atoms with Crippen molar-refractivity contribution in [1.29, 1.82) is 5.26 Å². The lowest BCUT2D eigenvalue weighted by Crippen LogP contribution is -2.37. The quantitative estimate of drug-likeness (QED) is 0.423. The number of nitrogens with one attached hydrogen (secondary N) is 2. The van der Waals surface area contributed by atoms with E-state index in [4.69, 9.17) is 14.5 Å². The largest absolute Gasteiger partial charge is 0.490 e. The molecule has 5 rings (SSSR count). The van der Waals surface area contributed by atoms with E-state index in [-0.39, 0.29) is 12.2 Å². The molecule has 2 aromatic heterocycles. The van der Waals surface area contributed by atoms with Crippen LogP contribution in [0.3, 0.4) is 0 Å². The van der Waals surface area contributed by atoms with Crippen LogP contribution in [0.4, 0.5) is 0 Å². The smallest absolute Gasteiger partial charge is 0.233 e. The van der Waals surface area contributed by atoms with Gasteiger partial charge in [-0.3, -0.25) is 4.98 Å². The van der Waals surface area contributed by atoms with E-state index in [0.717, 1.165) is 59.2 Å². The Hall–Kier alpha value is -3.89. The maximum Gasteiger partial charge on any atom is 0.233 e. The fourth-order valence-corrected chi connectivity index (χ4v) is 4.29. The molecule has 0 bridgehead atoms. The van der Waals surface area contributed by atoms with Gasteiger partial charge in [0.25, 0.3) is 0 Å². The zero-order chi connectivity index (χ0) is 23.5. The Balaban J connectivity index is 1.47. The first-order valence-corrected chi connectivity index (χ1v) is 11.6. The predicted octanol–water partition coefficient (Wildman–Crippen LogP) is 5.08. The number of fused-ring (bicyclic) bond motifs is 1. The zero-order valence-electron chi connectivity index (χ0n) is 19.3. The Bertz CT molecular complexity index is 1350. The van der Waals surface area contributed by atoms with E-state index >= 15 is 0 Å². The number of piperidine rings is 1. The van der Waals surface area contributed by atoms with Crippen LogP contribution in [0, 0.1) is 11.3 Å². The summed E-state index contributed by atoms with van der Waals surface area (Å²) in [5.74, 6) is 1.14. The van der Waals surface area contributed by atoms with Crippen molar-refractivity contribution in [2.45, 2.75) is 38.9 Å². The predicted molar refractivity (Wildman–Crippen MR) is 132 cm³/mol. The van der Waals surface area contributed by atoms with Gasteiger partial charge < -0.3 is 19.8 Å². The number of aromatic amines is 1. The summed E-state index contributed by atoms with van der Waals surface area (Å²) < 4.78 is 11.8. The molecule has 3 heterocycles. The summed E-state index contributed by atoms with van der Waals surface area (Å²) in [5, 5.41) is 14.0. The molecule has 1 aliphatic rings. The normalized spacial score (nSPS) is 15.9. The minimum Gasteiger partial charge on any atom is -0.490 e. The molecule has 2 N–H and O–H groups in total. The molecule has 172 valence electrons. The molecule has 0 aliphatic carbocycles. The number of nitriles is 1. The first-order chi connectivity index (χ1) is 16.6. The molecule has 0 unspecified atom stereocenters. The fourth-order valence-electron chi connectivity index (χ4n) is 4.29. The topological polar surface area (TPSA) is 95.8 Å². The average molecular weight is 454 g/mol. The van der Waals surface area contributed by atoms with Gasteiger partial charge in [-0.15, -0.1) is 0 Å². The molecule has 7 nitrogen and oxygen atoms in total. The van der Waals surface area contributed by atoms with E-state index in [9.17, 15) is 5.26 Å². The van der Waals surface area contributed by atoms with Crippen molar-refractivity contribution >= 4 is 10.9 Å². The molecule has 0 saturated carbocycles. The molecular formula is C27H27N5O2. The van der Waals surface area contributed by atoms with Gasteiger partial charge in [-0.1, -0.05) is 12.1 Å². The van der Waals surface area contributed by atoms with Crippen LogP contribution in [0.5, 0.6) is 11.6 Å². The Morgan fingerprint density at radius 2 is 1.97 bits per heavy atom. The second-order valence-corrected chi connectivity index (χ2v) is 8.78. The summed E-state index contributed by atoms with van der Waals surface area (Å²) in [6, 6.07) is 14.2. The van der Waals surface area contributed by atoms with Crippen molar-refractivity contribution in [1.82, 2.24) is 20.3 Å². The monoisotopic (exact) mass is 453 g/mol. The van der Waals surface area contributed by atoms with Gasteiger partial charge in [0.1, 0.15) is 17.9 Å². The van der Waals surface area contributed by atoms with Crippen LogP contribution < -0.4 is 14.8 Å². The van der Waals surface area contributed by atoms with Crippen molar-refractivity contribution in [3.05, 3.63) is 60.6 Å². The number of hydrogen-bond donors (Lipinski definition) is 2. The number of ether oxygens (including phenoxy) is 2. The Labute approximate surface area is 198 Å². The van der Waals surface area contributed by atoms with Crippen molar-refractivity contribution in [3.8, 4) is 40.1 Å². The zero-order valence-corrected chi connectivity index (χ0v) is 19.3. The van der Waals surface area contributed by atoms with Gasteiger partial charge in [-0.2, -0.15) is 5.26 Å². The number of H-pyrrole nitrogens is 1. The van der Waals surface area contributed by atoms with E-state index in [0.29, 0.717) is 17.2 Å². The highest BCUT2D eigenvalue weighted by Crippen LogP contribution is 2.33. The highest BCUT2D eigenvalue weighted by atomic mass is 16.5. The third kappa shape index (κ3) is 4.59. The Morgan fingerprint density at radius 3 is 2.76 bits per heavy atom. The first-order valence-electron chi connectivity index (χ1n) is 11.6. The summed E-state index contributed by atoms with van der Waals surface area (Å²) in [6.45, 7) is 5.76. The molecule has 1 fully saturated rings. The molecule has 7 heteroatoms. The second-order valence-electron chi connectivity index (χ2n) is 8.78. The van der Waals surface area contributed by atoms with Gasteiger partial charge in [-0.25, -0.2) is 4.98 Å². The molecule has 2 aromatic carbocycles. The third-order valence-electron chi connectivity index (χ3n) is 5.91. The summed E-state index contributed by atoms with van der Waals surface area (Å²) >= 11 is 0. The third-order valence-corrected chi connectivity index (χ3v) is 5.91. The van der Waals surface area contributed by atoms with Gasteiger partial charge in [-0.05, 0) is 68.6 Å². The molecule has 1 atom stereocenters. The lowest BCUT2D eigenvalue weighted by Gasteiger charge is -2.23. The molecule has 0 amide bonds. The van der Waals surface area contributed by atoms with Gasteiger partial charge in [0.15, 0.2) is 0 Å². The lowest BCUT2D eigenvalue weighted by atomic mass is 10.00. The van der Waals surface area contributed by atoms with Crippen molar-refractivity contribution in [3.63, 3.8) is 0 Å². The summed E-state index contributed by atoms with van der Waals surface area (Å²) in [5.41, 5.74) is 5.20. The summed E-state index contributed by atoms with van der Waals surface area (Å²) in [6.07, 6.45) is 7.61. The second kappa shape index (κ2) is 9.54. The van der Waals surface area contributed by atoms with Crippen molar-refractivity contribution in [2.75, 3.05) is 13.1 Å². The molecule has 4 aromatic rings. The van der Waals surface area contributed by atoms with Crippen LogP contribution in [0.25, 0.3) is 33.3 Å². The maximum absolute atomic E-state index is 9.61. The number of nitrogens with zero attached hydrogens (tertiary/aromatic N) is 3. The Kier molecular flexibility index (Phi) is 6.15. The van der Waals surface area contributed by atoms with Gasteiger partial charge in [0.2, 0.25) is 5.88 Å². The number of aromatic nitrogens is 3. The molecular weight excluding hydrogens is 426 g/mol. The molecule has 34 heavy (non-hydrogen) atoms. The van der Waals surface area contributed by atoms with Crippen LogP contribution in [-0.4, -0.2) is 40.2 Å². The average Bonchev–Trinajstić information content (AvgIpc) is 3.28. The van der Waals surface area contributed by atoms with E-state index in [1.807, 2.05) is 50.4 Å². The van der Waals surface area contributed by atoms with Crippen molar-refractivity contribution < 1.29 is 9.47 Å². The lowest BCUT2D eigenvalue weighted by molar-refractivity contribution is 0.160. The van der Waals surface area contributed by atoms with Gasteiger partial charge in [0, 0.05) is 29.2 Å². The summed E-state index contributed by atoms with van der Waals surface area (Å²) in [7, 11) is 0. The van der Waals surface area contributed by atoms with E-state index in [1.54, 1.807) is 12.4 Å². The van der Waals surface area contributed by atoms with E-state index in [1.165, 1.54) is 0 Å². The highest BCUT2D eigenvalue weighted by Gasteiger charge is 2.17. The van der Waals surface area contributed by atoms with Gasteiger partial charge >= 0.3 is 0 Å². The Morgan fingerprint density at radius 1 is 1.12 bits per heavy atom. The fraction of sp³-hybridized carbons (Fsp3) is 0.296. The molecule has 0 radical (unpaired) electrons. The highest BCUT2D eigenvalue weighted by molar-refractivity contribution is 5.97. The standard InChI is InChI=1S/C27H27N5O2/c1-17(2)33-26-8-6-18(10-20(26)12-28)19-5-7-24-22(11-19)23(14-31-24)25-15-30-16-27(32-25)34-21-4-3-9-29-13-21/h5-8,10-11,14-17,21,29,31H,3-4,9,13H2,1-2H3/t21-/m1/s1. The molecule has 1 aliphatic heterocycles. The van der Waals surface area contributed by atoms with Crippen molar-refractivity contribution in [2.24, 2.45) is 0 Å². The minimum absolute atomic E-state index is 0.00643. The molecule has 0 spiro atoms. The van der Waals surface area contributed by atoms with E-state index in [2.05, 4.69) is 27.4 Å². The van der Waals surface area contributed by atoms with Crippen LogP contribution in [-0.2, 0) is 0 Å². The number of rotatable bonds is 6. The maximum atomic E-state index is 9.61. The van der Waals surface area contributed by atoms with Gasteiger partial charge in [0.05, 0.1) is 29.8 Å². The van der Waals surface area contributed by atoms with E-state index < -0.39 is 0 Å². The summed E-state index contributed by atoms with van der Waals surface area (Å²) in [4.78, 5) is 12.4. The SMILES string of the molecule is CC(C)Oc1ccc(-c2ccc3[nH]cc(-c4cncc(O[C@@H]5CCCNC5)n4)c3c2)cc1C#N. The minimum atomic E-state index is 0.00643. The number of hydrogen-bond acceptors (Lipinski definition) is 6. The van der Waals surface area contributed by atoms with Crippen LogP contribution in [0.2, 0.25) is 0 Å². The molecule has 1 saturated heterocycles. The van der Waals surface area contributed by atoms with Crippen LogP contribution in [0.15, 0.2) is 55.0 Å². The van der Waals surface area contributed by atoms with Crippen LogP contribution in [0.1, 0.15) is 32.3 Å². The first kappa shape index (κ1) is 21.9.